The van der Waals surface area contributed by atoms with Crippen LogP contribution in [0.4, 0.5) is 11.6 Å². The molecular weight excluding hydrogens is 420 g/mol. The molecular formula is C24H24N6O3. The molecule has 0 radical (unpaired) electrons. The fraction of sp³-hybridized carbons (Fsp3) is 0.167. The Kier molecular flexibility index (Phi) is 7.24. The Hall–Kier alpha value is -4.24. The van der Waals surface area contributed by atoms with Crippen LogP contribution in [0, 0.1) is 0 Å². The Morgan fingerprint density at radius 2 is 1.09 bits per heavy atom. The number of rotatable bonds is 10. The maximum Gasteiger partial charge on any atom is 0.251 e. The summed E-state index contributed by atoms with van der Waals surface area (Å²) in [5, 5.41) is 13.9. The minimum absolute atomic E-state index is 0.262. The lowest BCUT2D eigenvalue weighted by molar-refractivity contribution is -0.125. The molecule has 9 nitrogen and oxygen atoms in total. The van der Waals surface area contributed by atoms with Gasteiger partial charge >= 0.3 is 0 Å². The van der Waals surface area contributed by atoms with Crippen molar-refractivity contribution in [2.24, 2.45) is 0 Å². The van der Waals surface area contributed by atoms with Gasteiger partial charge in [0.05, 0.1) is 13.1 Å². The molecule has 0 unspecified atom stereocenters. The third-order valence-corrected chi connectivity index (χ3v) is 4.66. The van der Waals surface area contributed by atoms with Gasteiger partial charge in [0.1, 0.15) is 13.2 Å². The summed E-state index contributed by atoms with van der Waals surface area (Å²) in [4.78, 5) is 24.1. The van der Waals surface area contributed by atoms with Gasteiger partial charge in [0, 0.05) is 24.5 Å². The molecule has 33 heavy (non-hydrogen) atoms. The van der Waals surface area contributed by atoms with Crippen LogP contribution < -0.4 is 10.6 Å². The summed E-state index contributed by atoms with van der Waals surface area (Å²) in [5.41, 5.74) is 2.22. The quantitative estimate of drug-likeness (QED) is 0.392. The Labute approximate surface area is 191 Å². The lowest BCUT2D eigenvalue weighted by Crippen LogP contribution is -2.24. The van der Waals surface area contributed by atoms with Crippen LogP contribution in [0.15, 0.2) is 85.2 Å². The third kappa shape index (κ3) is 6.88. The normalized spacial score (nSPS) is 10.7. The molecule has 2 heterocycles. The van der Waals surface area contributed by atoms with E-state index in [9.17, 15) is 9.59 Å². The van der Waals surface area contributed by atoms with E-state index in [2.05, 4.69) is 20.8 Å². The number of anilines is 2. The number of hydrogen-bond acceptors (Lipinski definition) is 5. The molecule has 0 saturated carbocycles. The first-order valence-corrected chi connectivity index (χ1v) is 10.5. The number of carbonyl (C=O) groups is 2. The maximum absolute atomic E-state index is 12.1. The lowest BCUT2D eigenvalue weighted by Gasteiger charge is -2.05. The SMILES string of the molecule is O=C(COCC(=O)Nc1ccn(Cc2ccccc2)n1)Nc1ccn(Cc2ccccc2)n1. The van der Waals surface area contributed by atoms with Gasteiger partial charge in [0.25, 0.3) is 11.8 Å². The average molecular weight is 444 g/mol. The first kappa shape index (κ1) is 22.0. The second-order valence-electron chi connectivity index (χ2n) is 7.36. The molecule has 0 aliphatic carbocycles. The van der Waals surface area contributed by atoms with E-state index in [4.69, 9.17) is 4.74 Å². The van der Waals surface area contributed by atoms with Crippen LogP contribution in [0.3, 0.4) is 0 Å². The van der Waals surface area contributed by atoms with Crippen molar-refractivity contribution in [3.63, 3.8) is 0 Å². The number of nitrogens with one attached hydrogen (secondary N) is 2. The number of aromatic nitrogens is 4. The largest absolute Gasteiger partial charge is 0.362 e. The molecule has 0 aliphatic rings. The van der Waals surface area contributed by atoms with Crippen LogP contribution in [0.5, 0.6) is 0 Å². The van der Waals surface area contributed by atoms with Crippen molar-refractivity contribution in [2.45, 2.75) is 13.1 Å². The molecule has 2 amide bonds. The van der Waals surface area contributed by atoms with Crippen LogP contribution in [0.1, 0.15) is 11.1 Å². The summed E-state index contributed by atoms with van der Waals surface area (Å²) >= 11 is 0. The first-order valence-electron chi connectivity index (χ1n) is 10.5. The van der Waals surface area contributed by atoms with Crippen LogP contribution in [-0.2, 0) is 27.4 Å². The molecule has 2 aromatic heterocycles. The summed E-state index contributed by atoms with van der Waals surface area (Å²) in [6, 6.07) is 23.2. The second-order valence-corrected chi connectivity index (χ2v) is 7.36. The van der Waals surface area contributed by atoms with E-state index in [1.54, 1.807) is 33.9 Å². The summed E-state index contributed by atoms with van der Waals surface area (Å²) in [7, 11) is 0. The Balaban J connectivity index is 1.16. The van der Waals surface area contributed by atoms with Crippen molar-refractivity contribution in [1.82, 2.24) is 19.6 Å². The van der Waals surface area contributed by atoms with Crippen LogP contribution in [-0.4, -0.2) is 44.6 Å². The van der Waals surface area contributed by atoms with E-state index in [0.717, 1.165) is 11.1 Å². The van der Waals surface area contributed by atoms with Crippen molar-refractivity contribution >= 4 is 23.5 Å². The second kappa shape index (κ2) is 10.9. The van der Waals surface area contributed by atoms with Gasteiger partial charge in [-0.3, -0.25) is 19.0 Å². The fourth-order valence-electron chi connectivity index (χ4n) is 3.17. The Morgan fingerprint density at radius 3 is 1.52 bits per heavy atom. The molecule has 0 aliphatic heterocycles. The molecule has 168 valence electrons. The molecule has 4 aromatic rings. The molecule has 2 N–H and O–H groups in total. The molecule has 0 fully saturated rings. The van der Waals surface area contributed by atoms with Crippen LogP contribution in [0.2, 0.25) is 0 Å². The highest BCUT2D eigenvalue weighted by Gasteiger charge is 2.09. The van der Waals surface area contributed by atoms with Gasteiger partial charge in [0.2, 0.25) is 0 Å². The average Bonchev–Trinajstić information content (AvgIpc) is 3.44. The van der Waals surface area contributed by atoms with Crippen LogP contribution >= 0.6 is 0 Å². The lowest BCUT2D eigenvalue weighted by atomic mass is 10.2. The van der Waals surface area contributed by atoms with E-state index < -0.39 is 0 Å². The molecule has 0 bridgehead atoms. The Morgan fingerprint density at radius 1 is 0.667 bits per heavy atom. The topological polar surface area (TPSA) is 103 Å². The molecule has 4 rings (SSSR count). The number of benzene rings is 2. The fourth-order valence-corrected chi connectivity index (χ4v) is 3.17. The van der Waals surface area contributed by atoms with E-state index in [-0.39, 0.29) is 25.0 Å². The van der Waals surface area contributed by atoms with Crippen LogP contribution in [0.25, 0.3) is 0 Å². The van der Waals surface area contributed by atoms with Crippen molar-refractivity contribution in [3.8, 4) is 0 Å². The highest BCUT2D eigenvalue weighted by atomic mass is 16.5. The van der Waals surface area contributed by atoms with Gasteiger partial charge in [-0.25, -0.2) is 0 Å². The summed E-state index contributed by atoms with van der Waals surface area (Å²) < 4.78 is 8.68. The van der Waals surface area contributed by atoms with Crippen molar-refractivity contribution in [3.05, 3.63) is 96.3 Å². The predicted molar refractivity (Wildman–Crippen MR) is 124 cm³/mol. The predicted octanol–water partition coefficient (Wildman–Crippen LogP) is 2.77. The molecule has 0 spiro atoms. The minimum atomic E-state index is -0.389. The summed E-state index contributed by atoms with van der Waals surface area (Å²) in [6.45, 7) is 0.686. The summed E-state index contributed by atoms with van der Waals surface area (Å²) in [5.74, 6) is 0.0701. The smallest absolute Gasteiger partial charge is 0.251 e. The molecule has 9 heteroatoms. The van der Waals surface area contributed by atoms with Gasteiger partial charge in [-0.05, 0) is 11.1 Å². The molecule has 2 aromatic carbocycles. The van der Waals surface area contributed by atoms with E-state index in [1.165, 1.54) is 0 Å². The zero-order chi connectivity index (χ0) is 22.9. The van der Waals surface area contributed by atoms with Crippen molar-refractivity contribution in [1.29, 1.82) is 0 Å². The number of ether oxygens (including phenoxy) is 1. The van der Waals surface area contributed by atoms with Gasteiger partial charge in [0.15, 0.2) is 11.6 Å². The first-order chi connectivity index (χ1) is 16.1. The standard InChI is InChI=1S/C24H24N6O3/c31-23(25-21-11-13-29(27-21)15-19-7-3-1-4-8-19)17-33-18-24(32)26-22-12-14-30(28-22)16-20-9-5-2-6-10-20/h1-14H,15-18H2,(H,25,27,31)(H,26,28,32). The molecule has 0 saturated heterocycles. The van der Waals surface area contributed by atoms with E-state index in [0.29, 0.717) is 24.7 Å². The summed E-state index contributed by atoms with van der Waals surface area (Å²) in [6.07, 6.45) is 3.57. The van der Waals surface area contributed by atoms with Crippen molar-refractivity contribution in [2.75, 3.05) is 23.8 Å². The number of carbonyl (C=O) groups excluding carboxylic acids is 2. The van der Waals surface area contributed by atoms with E-state index >= 15 is 0 Å². The van der Waals surface area contributed by atoms with E-state index in [1.807, 2.05) is 60.7 Å². The molecule has 0 atom stereocenters. The zero-order valence-corrected chi connectivity index (χ0v) is 17.9. The highest BCUT2D eigenvalue weighted by Crippen LogP contribution is 2.08. The monoisotopic (exact) mass is 444 g/mol. The third-order valence-electron chi connectivity index (χ3n) is 4.66. The van der Waals surface area contributed by atoms with Gasteiger partial charge in [-0.2, -0.15) is 10.2 Å². The van der Waals surface area contributed by atoms with Gasteiger partial charge < -0.3 is 15.4 Å². The van der Waals surface area contributed by atoms with Crippen molar-refractivity contribution < 1.29 is 14.3 Å². The van der Waals surface area contributed by atoms with Gasteiger partial charge in [-0.15, -0.1) is 0 Å². The van der Waals surface area contributed by atoms with Gasteiger partial charge in [-0.1, -0.05) is 60.7 Å². The Bertz CT molecular complexity index is 1090. The number of amides is 2. The highest BCUT2D eigenvalue weighted by molar-refractivity contribution is 5.92. The minimum Gasteiger partial charge on any atom is -0.362 e. The number of nitrogens with zero attached hydrogens (tertiary/aromatic N) is 4. The zero-order valence-electron chi connectivity index (χ0n) is 17.9. The number of hydrogen-bond donors (Lipinski definition) is 2. The maximum atomic E-state index is 12.1.